The Labute approximate surface area is 113 Å². The molecule has 1 N–H and O–H groups in total. The molecule has 18 heavy (non-hydrogen) atoms. The molecule has 0 saturated carbocycles. The highest BCUT2D eigenvalue weighted by Gasteiger charge is 2.11. The smallest absolute Gasteiger partial charge is 0.0752 e. The lowest BCUT2D eigenvalue weighted by Gasteiger charge is -2.18. The van der Waals surface area contributed by atoms with Gasteiger partial charge >= 0.3 is 0 Å². The van der Waals surface area contributed by atoms with Gasteiger partial charge in [0.15, 0.2) is 0 Å². The molecule has 2 nitrogen and oxygen atoms in total. The van der Waals surface area contributed by atoms with Crippen LogP contribution in [0.5, 0.6) is 0 Å². The van der Waals surface area contributed by atoms with E-state index in [1.807, 2.05) is 25.3 Å². The molecule has 1 heterocycles. The molecular weight excluding hydrogens is 244 g/mol. The molecule has 0 radical (unpaired) electrons. The average molecular weight is 263 g/mol. The van der Waals surface area contributed by atoms with Crippen molar-refractivity contribution in [2.75, 3.05) is 5.32 Å². The van der Waals surface area contributed by atoms with Crippen LogP contribution in [0.3, 0.4) is 0 Å². The zero-order valence-corrected chi connectivity index (χ0v) is 11.9. The molecule has 0 spiro atoms. The Morgan fingerprint density at radius 1 is 1.44 bits per heavy atom. The van der Waals surface area contributed by atoms with E-state index in [1.165, 1.54) is 0 Å². The van der Waals surface area contributed by atoms with Gasteiger partial charge in [-0.3, -0.25) is 4.98 Å². The Morgan fingerprint density at radius 3 is 2.94 bits per heavy atom. The van der Waals surface area contributed by atoms with Gasteiger partial charge in [0.25, 0.3) is 0 Å². The number of nitrogens with zero attached hydrogens (tertiary/aromatic N) is 1. The highest BCUT2D eigenvalue weighted by molar-refractivity contribution is 6.35. The predicted octanol–water partition coefficient (Wildman–Crippen LogP) is 4.80. The van der Waals surface area contributed by atoms with Gasteiger partial charge in [-0.25, -0.2) is 0 Å². The summed E-state index contributed by atoms with van der Waals surface area (Å²) in [5.41, 5.74) is 3.14. The van der Waals surface area contributed by atoms with Crippen LogP contribution in [-0.2, 0) is 0 Å². The monoisotopic (exact) mass is 262 g/mol. The Hall–Kier alpha value is -1.28. The molecule has 1 aromatic heterocycles. The summed E-state index contributed by atoms with van der Waals surface area (Å²) in [6, 6.07) is 6.42. The maximum Gasteiger partial charge on any atom is 0.0752 e. The highest BCUT2D eigenvalue weighted by atomic mass is 35.5. The van der Waals surface area contributed by atoms with Gasteiger partial charge in [0.2, 0.25) is 0 Å². The molecule has 0 aliphatic carbocycles. The van der Waals surface area contributed by atoms with Crippen LogP contribution < -0.4 is 5.32 Å². The van der Waals surface area contributed by atoms with E-state index in [0.717, 1.165) is 40.0 Å². The van der Waals surface area contributed by atoms with Gasteiger partial charge in [0, 0.05) is 17.6 Å². The third-order valence-electron chi connectivity index (χ3n) is 3.15. The van der Waals surface area contributed by atoms with Crippen molar-refractivity contribution in [2.45, 2.75) is 39.7 Å². The van der Waals surface area contributed by atoms with Crippen molar-refractivity contribution in [3.8, 4) is 0 Å². The second-order valence-electron chi connectivity index (χ2n) is 4.78. The van der Waals surface area contributed by atoms with Crippen molar-refractivity contribution in [3.05, 3.63) is 35.0 Å². The van der Waals surface area contributed by atoms with Crippen LogP contribution in [-0.4, -0.2) is 11.0 Å². The van der Waals surface area contributed by atoms with Crippen molar-refractivity contribution >= 4 is 28.2 Å². The molecule has 2 aromatic rings. The first-order valence-electron chi connectivity index (χ1n) is 6.43. The predicted molar refractivity (Wildman–Crippen MR) is 79.5 cm³/mol. The summed E-state index contributed by atoms with van der Waals surface area (Å²) in [5, 5.41) is 5.39. The van der Waals surface area contributed by atoms with E-state index >= 15 is 0 Å². The van der Waals surface area contributed by atoms with Crippen molar-refractivity contribution in [2.24, 2.45) is 0 Å². The Bertz CT molecular complexity index is 551. The largest absolute Gasteiger partial charge is 0.381 e. The van der Waals surface area contributed by atoms with Gasteiger partial charge in [0.05, 0.1) is 16.2 Å². The summed E-state index contributed by atoms with van der Waals surface area (Å²) in [6.45, 7) is 6.41. The number of benzene rings is 1. The van der Waals surface area contributed by atoms with Crippen molar-refractivity contribution in [1.82, 2.24) is 4.98 Å². The molecule has 2 rings (SSSR count). The van der Waals surface area contributed by atoms with Crippen LogP contribution in [0.15, 0.2) is 24.4 Å². The van der Waals surface area contributed by atoms with Crippen LogP contribution in [0.2, 0.25) is 5.02 Å². The summed E-state index contributed by atoms with van der Waals surface area (Å²) in [7, 11) is 0. The zero-order chi connectivity index (χ0) is 13.1. The van der Waals surface area contributed by atoms with Crippen LogP contribution in [0.25, 0.3) is 10.9 Å². The first kappa shape index (κ1) is 13.2. The molecule has 0 saturated heterocycles. The molecule has 0 aliphatic rings. The lowest BCUT2D eigenvalue weighted by atomic mass is 10.1. The van der Waals surface area contributed by atoms with Crippen molar-refractivity contribution in [3.63, 3.8) is 0 Å². The topological polar surface area (TPSA) is 24.9 Å². The summed E-state index contributed by atoms with van der Waals surface area (Å²) in [6.07, 6.45) is 4.11. The SMILES string of the molecule is CCCC(C)Nc1c(Cl)cc(C)c2ncccc12. The minimum absolute atomic E-state index is 0.415. The molecule has 0 fully saturated rings. The standard InChI is InChI=1S/C15H19ClN2/c1-4-6-11(3)18-15-12-7-5-8-17-14(12)10(2)9-13(15)16/h5,7-9,11,18H,4,6H2,1-3H3. The quantitative estimate of drug-likeness (QED) is 0.856. The molecule has 0 aliphatic heterocycles. The highest BCUT2D eigenvalue weighted by Crippen LogP contribution is 2.33. The number of anilines is 1. The zero-order valence-electron chi connectivity index (χ0n) is 11.1. The average Bonchev–Trinajstić information content (AvgIpc) is 2.35. The van der Waals surface area contributed by atoms with Crippen molar-refractivity contribution in [1.29, 1.82) is 0 Å². The number of rotatable bonds is 4. The lowest BCUT2D eigenvalue weighted by molar-refractivity contribution is 0.691. The molecule has 1 unspecified atom stereocenters. The Morgan fingerprint density at radius 2 is 2.22 bits per heavy atom. The number of nitrogens with one attached hydrogen (secondary N) is 1. The van der Waals surface area contributed by atoms with Gasteiger partial charge in [-0.05, 0) is 44.0 Å². The molecule has 0 amide bonds. The van der Waals surface area contributed by atoms with E-state index in [0.29, 0.717) is 6.04 Å². The van der Waals surface area contributed by atoms with E-state index in [4.69, 9.17) is 11.6 Å². The van der Waals surface area contributed by atoms with Gasteiger partial charge in [0.1, 0.15) is 0 Å². The third-order valence-corrected chi connectivity index (χ3v) is 3.44. The Balaban J connectivity index is 2.49. The normalized spacial score (nSPS) is 12.7. The molecule has 96 valence electrons. The summed E-state index contributed by atoms with van der Waals surface area (Å²) < 4.78 is 0. The van der Waals surface area contributed by atoms with Crippen LogP contribution in [0.1, 0.15) is 32.3 Å². The fourth-order valence-electron chi connectivity index (χ4n) is 2.28. The molecule has 3 heteroatoms. The second kappa shape index (κ2) is 5.57. The number of fused-ring (bicyclic) bond motifs is 1. The number of aryl methyl sites for hydroxylation is 1. The molecule has 0 bridgehead atoms. The van der Waals surface area contributed by atoms with Crippen LogP contribution in [0.4, 0.5) is 5.69 Å². The minimum atomic E-state index is 0.415. The number of hydrogen-bond donors (Lipinski definition) is 1. The lowest BCUT2D eigenvalue weighted by Crippen LogP contribution is -2.15. The van der Waals surface area contributed by atoms with Gasteiger partial charge < -0.3 is 5.32 Å². The number of pyridine rings is 1. The van der Waals surface area contributed by atoms with Gasteiger partial charge in [-0.15, -0.1) is 0 Å². The van der Waals surface area contributed by atoms with Crippen LogP contribution in [0, 0.1) is 6.92 Å². The molecular formula is C15H19ClN2. The molecule has 1 atom stereocenters. The van der Waals surface area contributed by atoms with E-state index < -0.39 is 0 Å². The van der Waals surface area contributed by atoms with E-state index in [9.17, 15) is 0 Å². The van der Waals surface area contributed by atoms with Gasteiger partial charge in [-0.2, -0.15) is 0 Å². The fourth-order valence-corrected chi connectivity index (χ4v) is 2.60. The summed E-state index contributed by atoms with van der Waals surface area (Å²) in [4.78, 5) is 4.44. The molecule has 1 aromatic carbocycles. The Kier molecular flexibility index (Phi) is 4.07. The van der Waals surface area contributed by atoms with Gasteiger partial charge in [-0.1, -0.05) is 24.9 Å². The maximum absolute atomic E-state index is 6.36. The summed E-state index contributed by atoms with van der Waals surface area (Å²) >= 11 is 6.36. The van der Waals surface area contributed by atoms with E-state index in [2.05, 4.69) is 30.2 Å². The summed E-state index contributed by atoms with van der Waals surface area (Å²) in [5.74, 6) is 0. The van der Waals surface area contributed by atoms with Crippen LogP contribution >= 0.6 is 11.6 Å². The van der Waals surface area contributed by atoms with Crippen molar-refractivity contribution < 1.29 is 0 Å². The first-order valence-corrected chi connectivity index (χ1v) is 6.81. The number of hydrogen-bond acceptors (Lipinski definition) is 2. The van der Waals surface area contributed by atoms with E-state index in [1.54, 1.807) is 0 Å². The maximum atomic E-state index is 6.36. The third kappa shape index (κ3) is 2.59. The number of halogens is 1. The first-order chi connectivity index (χ1) is 8.63. The number of aromatic nitrogens is 1. The minimum Gasteiger partial charge on any atom is -0.381 e. The van der Waals surface area contributed by atoms with E-state index in [-0.39, 0.29) is 0 Å². The second-order valence-corrected chi connectivity index (χ2v) is 5.19. The fraction of sp³-hybridized carbons (Fsp3) is 0.400.